The van der Waals surface area contributed by atoms with E-state index in [0.29, 0.717) is 17.4 Å². The molecule has 0 aromatic rings. The second kappa shape index (κ2) is 45.6. The molecule has 370 valence electrons. The van der Waals surface area contributed by atoms with E-state index in [2.05, 4.69) is 55.6 Å². The van der Waals surface area contributed by atoms with Crippen molar-refractivity contribution >= 4 is 13.7 Å². The SMILES string of the molecule is CCCC/C=C\CCCCCCCC(=O)NC(COP(=O)([O-])OCC[N+](C)(C)C)C(O)/C=C/CC/C=C/CC/C=C/CCCCCCCCCCCCCCCCCCCCCC. The third kappa shape index (κ3) is 48.2. The van der Waals surface area contributed by atoms with Crippen molar-refractivity contribution in [2.75, 3.05) is 40.9 Å². The van der Waals surface area contributed by atoms with E-state index in [0.717, 1.165) is 70.6 Å². The van der Waals surface area contributed by atoms with Crippen LogP contribution >= 0.6 is 7.82 Å². The second-order valence-electron chi connectivity index (χ2n) is 19.2. The van der Waals surface area contributed by atoms with Crippen LogP contribution in [0.15, 0.2) is 48.6 Å². The smallest absolute Gasteiger partial charge is 0.268 e. The summed E-state index contributed by atoms with van der Waals surface area (Å²) in [6, 6.07) is -0.913. The Balaban J connectivity index is 4.19. The van der Waals surface area contributed by atoms with Gasteiger partial charge in [-0.25, -0.2) is 0 Å². The summed E-state index contributed by atoms with van der Waals surface area (Å²) in [6.45, 7) is 4.58. The number of carbonyl (C=O) groups excluding carboxylic acids is 1. The molecule has 2 N–H and O–H groups in total. The van der Waals surface area contributed by atoms with Crippen molar-refractivity contribution in [2.24, 2.45) is 0 Å². The highest BCUT2D eigenvalue weighted by molar-refractivity contribution is 7.45. The number of phosphoric acid groups is 1. The van der Waals surface area contributed by atoms with E-state index in [1.165, 1.54) is 148 Å². The zero-order valence-corrected chi connectivity index (χ0v) is 42.9. The molecule has 0 aromatic carbocycles. The van der Waals surface area contributed by atoms with Crippen molar-refractivity contribution in [3.05, 3.63) is 48.6 Å². The average Bonchev–Trinajstić information content (AvgIpc) is 3.24. The number of unbranched alkanes of at least 4 members (excludes halogenated alkanes) is 29. The van der Waals surface area contributed by atoms with Crippen molar-refractivity contribution in [3.63, 3.8) is 0 Å². The standard InChI is InChI=1S/C54H103N2O6P/c1-6-8-10-12-14-16-18-19-20-21-22-23-24-25-26-27-28-29-30-31-32-33-34-35-36-38-39-41-43-45-47-53(57)52(51-62-63(59,60)61-50-49-56(3,4)5)55-54(58)48-46-44-42-40-37-17-15-13-11-9-7-2/h13,15,33-34,38-39,45,47,52-53,57H,6-12,14,16-32,35-37,40-44,46,48-51H2,1-5H3,(H-,55,58,59,60)/b15-13-,34-33+,39-38+,47-45+. The molecule has 3 atom stereocenters. The number of likely N-dealkylation sites (N-methyl/N-ethyl adjacent to an activating group) is 1. The molecule has 3 unspecified atom stereocenters. The molecule has 63 heavy (non-hydrogen) atoms. The highest BCUT2D eigenvalue weighted by Crippen LogP contribution is 2.38. The Morgan fingerprint density at radius 1 is 0.540 bits per heavy atom. The molecule has 0 saturated heterocycles. The van der Waals surface area contributed by atoms with E-state index in [1.807, 2.05) is 27.2 Å². The fraction of sp³-hybridized carbons (Fsp3) is 0.833. The van der Waals surface area contributed by atoms with Crippen LogP contribution in [0.3, 0.4) is 0 Å². The molecule has 0 aliphatic rings. The van der Waals surface area contributed by atoms with Gasteiger partial charge < -0.3 is 28.8 Å². The maximum atomic E-state index is 12.8. The molecule has 0 radical (unpaired) electrons. The molecule has 0 fully saturated rings. The summed E-state index contributed by atoms with van der Waals surface area (Å²) in [5, 5.41) is 13.8. The number of aliphatic hydroxyl groups is 1. The second-order valence-corrected chi connectivity index (χ2v) is 20.6. The molecule has 0 aliphatic carbocycles. The lowest BCUT2D eigenvalue weighted by atomic mass is 10.0. The van der Waals surface area contributed by atoms with Crippen LogP contribution in [-0.2, 0) is 18.4 Å². The number of amides is 1. The van der Waals surface area contributed by atoms with Crippen LogP contribution in [0.4, 0.5) is 0 Å². The van der Waals surface area contributed by atoms with Crippen molar-refractivity contribution < 1.29 is 32.9 Å². The minimum atomic E-state index is -4.60. The number of aliphatic hydroxyl groups excluding tert-OH is 1. The van der Waals surface area contributed by atoms with Gasteiger partial charge in [-0.05, 0) is 64.2 Å². The molecule has 1 amide bonds. The molecule has 0 saturated carbocycles. The van der Waals surface area contributed by atoms with E-state index >= 15 is 0 Å². The number of allylic oxidation sites excluding steroid dienone is 7. The molecule has 0 bridgehead atoms. The topological polar surface area (TPSA) is 108 Å². The van der Waals surface area contributed by atoms with Gasteiger partial charge in [0.05, 0.1) is 39.9 Å². The van der Waals surface area contributed by atoms with Gasteiger partial charge in [-0.2, -0.15) is 0 Å². The summed E-state index contributed by atoms with van der Waals surface area (Å²) in [5.41, 5.74) is 0. The van der Waals surface area contributed by atoms with Crippen LogP contribution < -0.4 is 10.2 Å². The summed E-state index contributed by atoms with van der Waals surface area (Å²) in [5.74, 6) is -0.223. The van der Waals surface area contributed by atoms with E-state index < -0.39 is 26.6 Å². The van der Waals surface area contributed by atoms with Gasteiger partial charge >= 0.3 is 0 Å². The maximum absolute atomic E-state index is 12.8. The number of nitrogens with zero attached hydrogens (tertiary/aromatic N) is 1. The van der Waals surface area contributed by atoms with Crippen LogP contribution in [0, 0.1) is 0 Å². The first-order chi connectivity index (χ1) is 30.5. The summed E-state index contributed by atoms with van der Waals surface area (Å²) in [4.78, 5) is 25.3. The van der Waals surface area contributed by atoms with Gasteiger partial charge in [-0.1, -0.05) is 217 Å². The van der Waals surface area contributed by atoms with E-state index in [1.54, 1.807) is 6.08 Å². The van der Waals surface area contributed by atoms with Crippen molar-refractivity contribution in [1.29, 1.82) is 0 Å². The predicted molar refractivity (Wildman–Crippen MR) is 270 cm³/mol. The third-order valence-corrected chi connectivity index (χ3v) is 12.7. The molecular weight excluding hydrogens is 804 g/mol. The van der Waals surface area contributed by atoms with Crippen molar-refractivity contribution in [3.8, 4) is 0 Å². The first-order valence-electron chi connectivity index (χ1n) is 26.5. The van der Waals surface area contributed by atoms with Crippen LogP contribution in [0.1, 0.15) is 239 Å². The van der Waals surface area contributed by atoms with E-state index in [9.17, 15) is 19.4 Å². The summed E-state index contributed by atoms with van der Waals surface area (Å²) >= 11 is 0. The predicted octanol–water partition coefficient (Wildman–Crippen LogP) is 15.0. The Morgan fingerprint density at radius 2 is 0.905 bits per heavy atom. The minimum Gasteiger partial charge on any atom is -0.756 e. The number of quaternary nitrogens is 1. The van der Waals surface area contributed by atoms with E-state index in [-0.39, 0.29) is 12.5 Å². The van der Waals surface area contributed by atoms with Crippen molar-refractivity contribution in [1.82, 2.24) is 5.32 Å². The van der Waals surface area contributed by atoms with Crippen LogP contribution in [0.5, 0.6) is 0 Å². The van der Waals surface area contributed by atoms with Gasteiger partial charge in [0.25, 0.3) is 7.82 Å². The molecule has 9 heteroatoms. The van der Waals surface area contributed by atoms with Gasteiger partial charge in [0.1, 0.15) is 13.2 Å². The van der Waals surface area contributed by atoms with Gasteiger partial charge in [0, 0.05) is 6.42 Å². The number of rotatable bonds is 48. The zero-order chi connectivity index (χ0) is 46.4. The largest absolute Gasteiger partial charge is 0.756 e. The van der Waals surface area contributed by atoms with Gasteiger partial charge in [-0.15, -0.1) is 0 Å². The molecule has 0 heterocycles. The number of nitrogens with one attached hydrogen (secondary N) is 1. The summed E-state index contributed by atoms with van der Waals surface area (Å²) in [7, 11) is 1.23. The maximum Gasteiger partial charge on any atom is 0.268 e. The Bertz CT molecular complexity index is 1170. The quantitative estimate of drug-likeness (QED) is 0.0272. The summed E-state index contributed by atoms with van der Waals surface area (Å²) < 4.78 is 23.2. The minimum absolute atomic E-state index is 0.0115. The molecule has 0 spiro atoms. The summed E-state index contributed by atoms with van der Waals surface area (Å²) in [6.07, 6.45) is 59.2. The number of phosphoric ester groups is 1. The van der Waals surface area contributed by atoms with Gasteiger partial charge in [0.15, 0.2) is 0 Å². The number of hydrogen-bond acceptors (Lipinski definition) is 6. The lowest BCUT2D eigenvalue weighted by Crippen LogP contribution is -2.45. The molecule has 8 nitrogen and oxygen atoms in total. The Morgan fingerprint density at radius 3 is 1.33 bits per heavy atom. The molecule has 0 rings (SSSR count). The number of carbonyl (C=O) groups is 1. The van der Waals surface area contributed by atoms with E-state index in [4.69, 9.17) is 9.05 Å². The molecule has 0 aliphatic heterocycles. The van der Waals surface area contributed by atoms with Crippen molar-refractivity contribution in [2.45, 2.75) is 251 Å². The average molecular weight is 907 g/mol. The monoisotopic (exact) mass is 907 g/mol. The van der Waals surface area contributed by atoms with Gasteiger partial charge in [0.2, 0.25) is 5.91 Å². The lowest BCUT2D eigenvalue weighted by molar-refractivity contribution is -0.870. The first-order valence-corrected chi connectivity index (χ1v) is 28.0. The third-order valence-electron chi connectivity index (χ3n) is 11.7. The Hall–Kier alpha value is -1.54. The normalized spacial score (nSPS) is 14.5. The highest BCUT2D eigenvalue weighted by atomic mass is 31.2. The highest BCUT2D eigenvalue weighted by Gasteiger charge is 2.23. The number of hydrogen-bond donors (Lipinski definition) is 2. The van der Waals surface area contributed by atoms with Crippen LogP contribution in [0.2, 0.25) is 0 Å². The van der Waals surface area contributed by atoms with Crippen LogP contribution in [-0.4, -0.2) is 68.5 Å². The molecular formula is C54H103N2O6P. The molecule has 0 aromatic heterocycles. The fourth-order valence-corrected chi connectivity index (χ4v) is 8.24. The fourth-order valence-electron chi connectivity index (χ4n) is 7.52. The van der Waals surface area contributed by atoms with Crippen LogP contribution in [0.25, 0.3) is 0 Å². The first kappa shape index (κ1) is 61.5. The lowest BCUT2D eigenvalue weighted by Gasteiger charge is -2.29. The Kier molecular flexibility index (Phi) is 44.5. The zero-order valence-electron chi connectivity index (χ0n) is 42.0. The van der Waals surface area contributed by atoms with Gasteiger partial charge in [-0.3, -0.25) is 9.36 Å². The Labute approximate surface area is 390 Å².